The Hall–Kier alpha value is -3.29. The van der Waals surface area contributed by atoms with Gasteiger partial charge in [0.1, 0.15) is 5.75 Å². The number of aromatic amines is 3. The molecule has 0 saturated heterocycles. The van der Waals surface area contributed by atoms with E-state index in [9.17, 15) is 19.5 Å². The van der Waals surface area contributed by atoms with Crippen LogP contribution in [-0.4, -0.2) is 20.1 Å². The van der Waals surface area contributed by atoms with Gasteiger partial charge in [0.05, 0.1) is 11.7 Å². The Morgan fingerprint density at radius 3 is 2.54 bits per heavy atom. The zero-order valence-corrected chi connectivity index (χ0v) is 14.2. The van der Waals surface area contributed by atoms with Crippen LogP contribution in [0, 0.1) is 0 Å². The lowest BCUT2D eigenvalue weighted by molar-refractivity contribution is 0.453. The highest BCUT2D eigenvalue weighted by atomic mass is 16.5. The second-order valence-corrected chi connectivity index (χ2v) is 6.03. The molecule has 0 bridgehead atoms. The minimum Gasteiger partial charge on any atom is -0.508 e. The molecule has 8 nitrogen and oxygen atoms in total. The molecule has 0 unspecified atom stereocenters. The molecule has 3 aromatic rings. The van der Waals surface area contributed by atoms with Crippen molar-refractivity contribution in [1.82, 2.24) is 15.0 Å². The van der Waals surface area contributed by atoms with Gasteiger partial charge in [-0.2, -0.15) is 0 Å². The van der Waals surface area contributed by atoms with Gasteiger partial charge in [-0.05, 0) is 25.0 Å². The molecule has 4 N–H and O–H groups in total. The predicted octanol–water partition coefficient (Wildman–Crippen LogP) is 2.14. The zero-order valence-electron chi connectivity index (χ0n) is 14.2. The lowest BCUT2D eigenvalue weighted by atomic mass is 10.1. The summed E-state index contributed by atoms with van der Waals surface area (Å²) in [6.45, 7) is 2.09. The quantitative estimate of drug-likeness (QED) is 0.503. The summed E-state index contributed by atoms with van der Waals surface area (Å²) >= 11 is 0. The van der Waals surface area contributed by atoms with Crippen LogP contribution in [0.25, 0.3) is 10.9 Å². The summed E-state index contributed by atoms with van der Waals surface area (Å²) in [6, 6.07) is 4.52. The first-order chi connectivity index (χ1) is 12.5. The van der Waals surface area contributed by atoms with E-state index in [2.05, 4.69) is 16.9 Å². The van der Waals surface area contributed by atoms with Gasteiger partial charge in [0, 0.05) is 17.0 Å². The summed E-state index contributed by atoms with van der Waals surface area (Å²) < 4.78 is 5.51. The lowest BCUT2D eigenvalue weighted by Crippen LogP contribution is -2.22. The van der Waals surface area contributed by atoms with Crippen LogP contribution in [0.2, 0.25) is 0 Å². The number of aryl methyl sites for hydroxylation is 1. The predicted molar refractivity (Wildman–Crippen MR) is 97.2 cm³/mol. The largest absolute Gasteiger partial charge is 0.508 e. The number of pyridine rings is 1. The molecule has 0 aliphatic rings. The average molecular weight is 357 g/mol. The number of hydrogen-bond donors (Lipinski definition) is 4. The van der Waals surface area contributed by atoms with E-state index in [4.69, 9.17) is 4.74 Å². The number of benzene rings is 1. The maximum absolute atomic E-state index is 12.3. The number of phenolic OH excluding ortho intramolecular Hbond substituents is 1. The van der Waals surface area contributed by atoms with Gasteiger partial charge in [0.25, 0.3) is 11.1 Å². The summed E-state index contributed by atoms with van der Waals surface area (Å²) in [7, 11) is 0. The van der Waals surface area contributed by atoms with Crippen LogP contribution in [0.3, 0.4) is 0 Å². The fourth-order valence-electron chi connectivity index (χ4n) is 2.74. The number of H-pyrrole nitrogens is 3. The number of nitrogens with one attached hydrogen (secondary N) is 3. The molecule has 0 atom stereocenters. The summed E-state index contributed by atoms with van der Waals surface area (Å²) in [6.07, 6.45) is 4.75. The van der Waals surface area contributed by atoms with E-state index >= 15 is 0 Å². The van der Waals surface area contributed by atoms with Crippen LogP contribution in [-0.2, 0) is 6.42 Å². The van der Waals surface area contributed by atoms with E-state index in [-0.39, 0.29) is 22.8 Å². The lowest BCUT2D eigenvalue weighted by Gasteiger charge is -2.10. The standard InChI is InChI=1S/C18H19N3O5/c1-2-3-4-5-10-6-11-7-12(22)8-13(15(11)20-16(10)23)26-14-9-19-18(25)21-17(14)24/h6-9,22H,2-5H2,1H3,(H,20,23)(H2,19,21,24,25). The fourth-order valence-corrected chi connectivity index (χ4v) is 2.74. The Balaban J connectivity index is 2.05. The van der Waals surface area contributed by atoms with Crippen molar-refractivity contribution < 1.29 is 9.84 Å². The van der Waals surface area contributed by atoms with Crippen LogP contribution in [0.5, 0.6) is 17.2 Å². The van der Waals surface area contributed by atoms with Gasteiger partial charge in [0.15, 0.2) is 5.75 Å². The van der Waals surface area contributed by atoms with E-state index in [0.717, 1.165) is 25.5 Å². The first-order valence-corrected chi connectivity index (χ1v) is 8.36. The number of fused-ring (bicyclic) bond motifs is 1. The van der Waals surface area contributed by atoms with Crippen LogP contribution >= 0.6 is 0 Å². The van der Waals surface area contributed by atoms with Crippen LogP contribution in [0.1, 0.15) is 31.7 Å². The Kier molecular flexibility index (Phi) is 4.92. The van der Waals surface area contributed by atoms with Gasteiger partial charge in [-0.15, -0.1) is 0 Å². The second kappa shape index (κ2) is 7.30. The maximum Gasteiger partial charge on any atom is 0.325 e. The summed E-state index contributed by atoms with van der Waals surface area (Å²) in [5.41, 5.74) is -0.626. The van der Waals surface area contributed by atoms with Gasteiger partial charge in [0.2, 0.25) is 5.75 Å². The van der Waals surface area contributed by atoms with Crippen LogP contribution < -0.4 is 21.5 Å². The molecule has 0 radical (unpaired) electrons. The van der Waals surface area contributed by atoms with E-state index in [0.29, 0.717) is 22.9 Å². The average Bonchev–Trinajstić information content (AvgIpc) is 2.58. The Morgan fingerprint density at radius 2 is 1.81 bits per heavy atom. The number of rotatable bonds is 6. The molecule has 2 aromatic heterocycles. The van der Waals surface area contributed by atoms with Gasteiger partial charge in [-0.25, -0.2) is 4.79 Å². The number of aromatic hydroxyl groups is 1. The van der Waals surface area contributed by atoms with E-state index in [1.54, 1.807) is 6.07 Å². The number of aromatic nitrogens is 3. The molecule has 1 aromatic carbocycles. The molecular weight excluding hydrogens is 338 g/mol. The SMILES string of the molecule is CCCCCc1cc2cc(O)cc(Oc3c[nH]c(=O)[nH]c3=O)c2[nH]c1=O. The van der Waals surface area contributed by atoms with Crippen molar-refractivity contribution in [2.24, 2.45) is 0 Å². The van der Waals surface area contributed by atoms with E-state index in [1.807, 2.05) is 4.98 Å². The molecule has 2 heterocycles. The van der Waals surface area contributed by atoms with Gasteiger partial charge in [-0.3, -0.25) is 14.6 Å². The van der Waals surface area contributed by atoms with Crippen molar-refractivity contribution in [3.63, 3.8) is 0 Å². The van der Waals surface area contributed by atoms with Crippen LogP contribution in [0.4, 0.5) is 0 Å². The highest BCUT2D eigenvalue weighted by molar-refractivity contribution is 5.86. The van der Waals surface area contributed by atoms with Crippen molar-refractivity contribution in [1.29, 1.82) is 0 Å². The molecule has 0 aliphatic carbocycles. The Bertz CT molecular complexity index is 1110. The maximum atomic E-state index is 12.3. The molecule has 0 saturated carbocycles. The molecule has 0 amide bonds. The molecule has 26 heavy (non-hydrogen) atoms. The van der Waals surface area contributed by atoms with Gasteiger partial charge < -0.3 is 19.8 Å². The molecule has 0 spiro atoms. The number of ether oxygens (including phenoxy) is 1. The second-order valence-electron chi connectivity index (χ2n) is 6.03. The highest BCUT2D eigenvalue weighted by Crippen LogP contribution is 2.31. The summed E-state index contributed by atoms with van der Waals surface area (Å²) in [4.78, 5) is 42.3. The van der Waals surface area contributed by atoms with Crippen molar-refractivity contribution in [3.05, 3.63) is 61.2 Å². The topological polar surface area (TPSA) is 128 Å². The van der Waals surface area contributed by atoms with Gasteiger partial charge >= 0.3 is 5.69 Å². The third kappa shape index (κ3) is 3.69. The first-order valence-electron chi connectivity index (χ1n) is 8.36. The third-order valence-electron chi connectivity index (χ3n) is 4.03. The summed E-state index contributed by atoms with van der Waals surface area (Å²) in [5.74, 6) is -0.126. The Morgan fingerprint density at radius 1 is 1.00 bits per heavy atom. The van der Waals surface area contributed by atoms with E-state index in [1.165, 1.54) is 12.1 Å². The highest BCUT2D eigenvalue weighted by Gasteiger charge is 2.12. The molecular formula is C18H19N3O5. The summed E-state index contributed by atoms with van der Waals surface area (Å²) in [5, 5.41) is 10.6. The van der Waals surface area contributed by atoms with Crippen molar-refractivity contribution in [2.45, 2.75) is 32.6 Å². The van der Waals surface area contributed by atoms with E-state index < -0.39 is 11.2 Å². The zero-order chi connectivity index (χ0) is 18.7. The normalized spacial score (nSPS) is 11.0. The fraction of sp³-hybridized carbons (Fsp3) is 0.278. The number of phenols is 1. The Labute approximate surface area is 147 Å². The minimum atomic E-state index is -0.719. The van der Waals surface area contributed by atoms with Crippen LogP contribution in [0.15, 0.2) is 38.8 Å². The minimum absolute atomic E-state index is 0.0695. The molecule has 3 rings (SSSR count). The van der Waals surface area contributed by atoms with Crippen molar-refractivity contribution in [3.8, 4) is 17.2 Å². The number of hydrogen-bond acceptors (Lipinski definition) is 5. The van der Waals surface area contributed by atoms with Gasteiger partial charge in [-0.1, -0.05) is 19.8 Å². The smallest absolute Gasteiger partial charge is 0.325 e. The number of unbranched alkanes of at least 4 members (excludes halogenated alkanes) is 2. The molecule has 0 fully saturated rings. The van der Waals surface area contributed by atoms with Crippen molar-refractivity contribution in [2.75, 3.05) is 0 Å². The molecule has 136 valence electrons. The monoisotopic (exact) mass is 357 g/mol. The van der Waals surface area contributed by atoms with Crippen molar-refractivity contribution >= 4 is 10.9 Å². The molecule has 0 aliphatic heterocycles. The first kappa shape index (κ1) is 17.5. The molecule has 8 heteroatoms. The third-order valence-corrected chi connectivity index (χ3v) is 4.03.